The van der Waals surface area contributed by atoms with Gasteiger partial charge < -0.3 is 36.1 Å². The predicted octanol–water partition coefficient (Wildman–Crippen LogP) is 0.661. The molecule has 2 aromatic carbocycles. The van der Waals surface area contributed by atoms with Gasteiger partial charge in [0.2, 0.25) is 11.8 Å². The van der Waals surface area contributed by atoms with Crippen molar-refractivity contribution in [2.75, 3.05) is 39.3 Å². The van der Waals surface area contributed by atoms with Crippen molar-refractivity contribution in [3.8, 4) is 0 Å². The molecule has 0 aliphatic rings. The normalized spacial score (nSPS) is 10.1. The molecule has 0 atom stereocenters. The Morgan fingerprint density at radius 2 is 0.943 bits per heavy atom. The molecule has 0 aliphatic heterocycles. The topological polar surface area (TPSA) is 147 Å². The van der Waals surface area contributed by atoms with E-state index in [4.69, 9.17) is 9.47 Å². The molecule has 0 saturated carbocycles. The van der Waals surface area contributed by atoms with Crippen LogP contribution in [0.15, 0.2) is 60.7 Å². The molecule has 0 aromatic heterocycles. The van der Waals surface area contributed by atoms with Crippen LogP contribution in [0.1, 0.15) is 11.1 Å². The molecule has 2 aromatic rings. The average Bonchev–Trinajstić information content (AvgIpc) is 2.89. The van der Waals surface area contributed by atoms with Gasteiger partial charge in [0.15, 0.2) is 0 Å². The van der Waals surface area contributed by atoms with Gasteiger partial charge in [-0.15, -0.1) is 0 Å². The van der Waals surface area contributed by atoms with Gasteiger partial charge in [-0.1, -0.05) is 60.7 Å². The van der Waals surface area contributed by atoms with Crippen LogP contribution >= 0.6 is 0 Å². The minimum atomic E-state index is -0.670. The zero-order chi connectivity index (χ0) is 25.1. The van der Waals surface area contributed by atoms with Crippen LogP contribution in [0, 0.1) is 0 Å². The Hall–Kier alpha value is -4.12. The van der Waals surface area contributed by atoms with E-state index in [1.807, 2.05) is 60.7 Å². The third kappa shape index (κ3) is 13.2. The van der Waals surface area contributed by atoms with E-state index in [2.05, 4.69) is 26.6 Å². The number of amides is 4. The Kier molecular flexibility index (Phi) is 12.8. The van der Waals surface area contributed by atoms with Gasteiger partial charge in [0.25, 0.3) is 0 Å². The molecular weight excluding hydrogens is 454 g/mol. The average molecular weight is 486 g/mol. The van der Waals surface area contributed by atoms with Crippen LogP contribution in [0.25, 0.3) is 0 Å². The van der Waals surface area contributed by atoms with E-state index in [-0.39, 0.29) is 38.1 Å². The summed E-state index contributed by atoms with van der Waals surface area (Å²) < 4.78 is 10.0. The van der Waals surface area contributed by atoms with Crippen molar-refractivity contribution in [3.05, 3.63) is 71.8 Å². The lowest BCUT2D eigenvalue weighted by Gasteiger charge is -2.10. The van der Waals surface area contributed by atoms with Gasteiger partial charge in [-0.25, -0.2) is 9.59 Å². The number of ether oxygens (including phenoxy) is 2. The third-order valence-corrected chi connectivity index (χ3v) is 4.46. The van der Waals surface area contributed by atoms with Crippen molar-refractivity contribution >= 4 is 24.0 Å². The number of hydrogen-bond donors (Lipinski definition) is 5. The van der Waals surface area contributed by atoms with Gasteiger partial charge in [-0.05, 0) is 11.1 Å². The molecule has 0 radical (unpaired) electrons. The van der Waals surface area contributed by atoms with Crippen molar-refractivity contribution < 1.29 is 28.7 Å². The molecule has 0 saturated heterocycles. The molecule has 0 spiro atoms. The highest BCUT2D eigenvalue weighted by Gasteiger charge is 2.07. The largest absolute Gasteiger partial charge is 0.445 e. The molecule has 11 heteroatoms. The second kappa shape index (κ2) is 16.5. The van der Waals surface area contributed by atoms with Crippen LogP contribution in [-0.2, 0) is 32.3 Å². The van der Waals surface area contributed by atoms with Crippen LogP contribution in [0.5, 0.6) is 0 Å². The highest BCUT2D eigenvalue weighted by Crippen LogP contribution is 2.01. The predicted molar refractivity (Wildman–Crippen MR) is 128 cm³/mol. The first kappa shape index (κ1) is 27.1. The molecular formula is C24H31N5O6. The van der Waals surface area contributed by atoms with Gasteiger partial charge in [0.05, 0.1) is 13.1 Å². The number of hydrogen-bond acceptors (Lipinski definition) is 7. The van der Waals surface area contributed by atoms with E-state index < -0.39 is 12.2 Å². The number of carbonyl (C=O) groups excluding carboxylic acids is 4. The second-order valence-electron chi connectivity index (χ2n) is 7.28. The summed E-state index contributed by atoms with van der Waals surface area (Å²) in [4.78, 5) is 46.7. The van der Waals surface area contributed by atoms with Crippen LogP contribution in [0.4, 0.5) is 9.59 Å². The van der Waals surface area contributed by atoms with E-state index in [1.54, 1.807) is 0 Å². The number of carbonyl (C=O) groups is 4. The first-order valence-corrected chi connectivity index (χ1v) is 11.2. The highest BCUT2D eigenvalue weighted by molar-refractivity contribution is 5.82. The van der Waals surface area contributed by atoms with Crippen molar-refractivity contribution in [1.82, 2.24) is 26.6 Å². The van der Waals surface area contributed by atoms with Gasteiger partial charge in [0, 0.05) is 26.2 Å². The van der Waals surface area contributed by atoms with Crippen molar-refractivity contribution in [1.29, 1.82) is 0 Å². The molecule has 4 amide bonds. The number of benzene rings is 2. The summed E-state index contributed by atoms with van der Waals surface area (Å²) in [7, 11) is 0. The van der Waals surface area contributed by atoms with Crippen LogP contribution in [0.2, 0.25) is 0 Å². The fourth-order valence-electron chi connectivity index (χ4n) is 2.68. The Labute approximate surface area is 203 Å². The zero-order valence-corrected chi connectivity index (χ0v) is 19.4. The Morgan fingerprint density at radius 3 is 1.34 bits per heavy atom. The molecule has 188 valence electrons. The lowest BCUT2D eigenvalue weighted by molar-refractivity contribution is -0.120. The maximum absolute atomic E-state index is 11.7. The molecule has 0 unspecified atom stereocenters. The van der Waals surface area contributed by atoms with Crippen molar-refractivity contribution in [2.45, 2.75) is 13.2 Å². The maximum Gasteiger partial charge on any atom is 0.407 e. The molecule has 0 heterocycles. The quantitative estimate of drug-likeness (QED) is 0.247. The summed E-state index contributed by atoms with van der Waals surface area (Å²) in [5.74, 6) is -0.691. The summed E-state index contributed by atoms with van der Waals surface area (Å²) in [6, 6.07) is 18.4. The van der Waals surface area contributed by atoms with E-state index >= 15 is 0 Å². The second-order valence-corrected chi connectivity index (χ2v) is 7.28. The Morgan fingerprint density at radius 1 is 0.543 bits per heavy atom. The molecule has 0 aliphatic carbocycles. The minimum absolute atomic E-state index is 0.128. The molecule has 0 bridgehead atoms. The molecule has 2 rings (SSSR count). The van der Waals surface area contributed by atoms with Gasteiger partial charge in [-0.2, -0.15) is 0 Å². The van der Waals surface area contributed by atoms with Crippen molar-refractivity contribution in [2.24, 2.45) is 0 Å². The molecule has 0 fully saturated rings. The lowest BCUT2D eigenvalue weighted by atomic mass is 10.2. The van der Waals surface area contributed by atoms with E-state index in [0.29, 0.717) is 26.2 Å². The van der Waals surface area contributed by atoms with Gasteiger partial charge in [0.1, 0.15) is 13.2 Å². The summed E-state index contributed by atoms with van der Waals surface area (Å²) >= 11 is 0. The fraction of sp³-hybridized carbons (Fsp3) is 0.333. The van der Waals surface area contributed by atoms with Gasteiger partial charge in [-0.3, -0.25) is 9.59 Å². The molecule has 11 nitrogen and oxygen atoms in total. The van der Waals surface area contributed by atoms with E-state index in [0.717, 1.165) is 11.1 Å². The first-order chi connectivity index (χ1) is 17.0. The maximum atomic E-state index is 11.7. The zero-order valence-electron chi connectivity index (χ0n) is 19.4. The van der Waals surface area contributed by atoms with E-state index in [9.17, 15) is 19.2 Å². The third-order valence-electron chi connectivity index (χ3n) is 4.46. The van der Waals surface area contributed by atoms with Gasteiger partial charge >= 0.3 is 12.2 Å². The highest BCUT2D eigenvalue weighted by atomic mass is 16.6. The number of alkyl carbamates (subject to hydrolysis) is 2. The molecule has 35 heavy (non-hydrogen) atoms. The van der Waals surface area contributed by atoms with Crippen molar-refractivity contribution in [3.63, 3.8) is 0 Å². The van der Waals surface area contributed by atoms with Crippen LogP contribution < -0.4 is 26.6 Å². The summed E-state index contributed by atoms with van der Waals surface area (Å²) in [5.41, 5.74) is 1.71. The SMILES string of the molecule is O=C(CNC(=O)OCc1ccccc1)NCCNCCNC(=O)CNC(=O)OCc1ccccc1. The summed E-state index contributed by atoms with van der Waals surface area (Å²) in [6.07, 6.45) is -1.34. The van der Waals surface area contributed by atoms with E-state index in [1.165, 1.54) is 0 Å². The fourth-order valence-corrected chi connectivity index (χ4v) is 2.68. The number of rotatable bonds is 14. The van der Waals surface area contributed by atoms with Crippen LogP contribution in [0.3, 0.4) is 0 Å². The monoisotopic (exact) mass is 485 g/mol. The Balaban J connectivity index is 1.39. The Bertz CT molecular complexity index is 851. The standard InChI is InChI=1S/C24H31N5O6/c30-21(15-28-23(32)34-17-19-7-3-1-4-8-19)26-13-11-25-12-14-27-22(31)16-29-24(33)35-18-20-9-5-2-6-10-20/h1-10,25H,11-18H2,(H,26,30)(H,27,31)(H,28,32)(H,29,33). The summed E-state index contributed by atoms with van der Waals surface area (Å²) in [6.45, 7) is 1.53. The summed E-state index contributed by atoms with van der Waals surface area (Å²) in [5, 5.41) is 13.1. The van der Waals surface area contributed by atoms with Crippen LogP contribution in [-0.4, -0.2) is 63.3 Å². The molecule has 5 N–H and O–H groups in total. The smallest absolute Gasteiger partial charge is 0.407 e. The first-order valence-electron chi connectivity index (χ1n) is 11.2. The minimum Gasteiger partial charge on any atom is -0.445 e. The lowest BCUT2D eigenvalue weighted by Crippen LogP contribution is -2.42. The number of nitrogens with one attached hydrogen (secondary N) is 5.